The summed E-state index contributed by atoms with van der Waals surface area (Å²) < 4.78 is 0. The minimum Gasteiger partial charge on any atom is -0.372 e. The van der Waals surface area contributed by atoms with E-state index in [1.807, 2.05) is 12.1 Å². The molecule has 150 valence electrons. The molecule has 1 saturated heterocycles. The molecule has 1 aliphatic rings. The lowest BCUT2D eigenvalue weighted by Crippen LogP contribution is -2.44. The number of amides is 1. The minimum atomic E-state index is 0. The first-order valence-electron chi connectivity index (χ1n) is 9.31. The summed E-state index contributed by atoms with van der Waals surface area (Å²) in [6, 6.07) is 7.96. The first-order valence-corrected chi connectivity index (χ1v) is 9.31. The normalized spacial score (nSPS) is 14.1. The molecule has 1 aromatic rings. The van der Waals surface area contributed by atoms with Gasteiger partial charge in [0.1, 0.15) is 0 Å². The van der Waals surface area contributed by atoms with Gasteiger partial charge < -0.3 is 20.4 Å². The highest BCUT2D eigenvalue weighted by Gasteiger charge is 2.10. The second-order valence-electron chi connectivity index (χ2n) is 6.33. The third kappa shape index (κ3) is 8.12. The molecule has 2 rings (SSSR count). The average Bonchev–Trinajstić information content (AvgIpc) is 2.64. The van der Waals surface area contributed by atoms with Gasteiger partial charge in [0.25, 0.3) is 5.91 Å². The SMILES string of the molecule is CCCN(CC)c1ccc(C(=O)NCCCN2CCNCC2)cc1.Cl.Cl. The van der Waals surface area contributed by atoms with Crippen LogP contribution < -0.4 is 15.5 Å². The molecular formula is C19H34Cl2N4O. The highest BCUT2D eigenvalue weighted by molar-refractivity contribution is 5.94. The molecule has 5 nitrogen and oxygen atoms in total. The van der Waals surface area contributed by atoms with Gasteiger partial charge in [-0.15, -0.1) is 24.8 Å². The third-order valence-corrected chi connectivity index (χ3v) is 4.52. The van der Waals surface area contributed by atoms with Crippen molar-refractivity contribution in [1.29, 1.82) is 0 Å². The zero-order valence-electron chi connectivity index (χ0n) is 16.0. The molecule has 0 unspecified atom stereocenters. The number of carbonyl (C=O) groups is 1. The van der Waals surface area contributed by atoms with Crippen LogP contribution in [0.15, 0.2) is 24.3 Å². The van der Waals surface area contributed by atoms with Gasteiger partial charge in [0.2, 0.25) is 0 Å². The van der Waals surface area contributed by atoms with Crippen molar-refractivity contribution in [2.45, 2.75) is 26.7 Å². The molecule has 0 radical (unpaired) electrons. The number of rotatable bonds is 9. The van der Waals surface area contributed by atoms with Crippen LogP contribution in [0.2, 0.25) is 0 Å². The summed E-state index contributed by atoms with van der Waals surface area (Å²) in [6.07, 6.45) is 2.13. The van der Waals surface area contributed by atoms with Crippen molar-refractivity contribution in [3.05, 3.63) is 29.8 Å². The highest BCUT2D eigenvalue weighted by atomic mass is 35.5. The van der Waals surface area contributed by atoms with Crippen molar-refractivity contribution in [2.24, 2.45) is 0 Å². The van der Waals surface area contributed by atoms with Crippen molar-refractivity contribution in [1.82, 2.24) is 15.5 Å². The Morgan fingerprint density at radius 3 is 2.38 bits per heavy atom. The molecular weight excluding hydrogens is 371 g/mol. The smallest absolute Gasteiger partial charge is 0.251 e. The van der Waals surface area contributed by atoms with E-state index < -0.39 is 0 Å². The molecule has 0 aromatic heterocycles. The summed E-state index contributed by atoms with van der Waals surface area (Å²) in [4.78, 5) is 17.0. The molecule has 1 fully saturated rings. The number of halogens is 2. The van der Waals surface area contributed by atoms with Gasteiger partial charge in [0.15, 0.2) is 0 Å². The Bertz CT molecular complexity index is 493. The molecule has 2 N–H and O–H groups in total. The van der Waals surface area contributed by atoms with Gasteiger partial charge in [-0.3, -0.25) is 4.79 Å². The predicted octanol–water partition coefficient (Wildman–Crippen LogP) is 2.79. The van der Waals surface area contributed by atoms with Crippen molar-refractivity contribution < 1.29 is 4.79 Å². The van der Waals surface area contributed by atoms with Crippen molar-refractivity contribution in [2.75, 3.05) is 57.3 Å². The van der Waals surface area contributed by atoms with Crippen LogP contribution >= 0.6 is 24.8 Å². The number of anilines is 1. The van der Waals surface area contributed by atoms with E-state index in [1.165, 1.54) is 5.69 Å². The lowest BCUT2D eigenvalue weighted by Gasteiger charge is -2.27. The Labute approximate surface area is 170 Å². The van der Waals surface area contributed by atoms with Crippen LogP contribution in [-0.2, 0) is 0 Å². The van der Waals surface area contributed by atoms with Gasteiger partial charge >= 0.3 is 0 Å². The molecule has 0 saturated carbocycles. The Morgan fingerprint density at radius 1 is 1.15 bits per heavy atom. The molecule has 0 atom stereocenters. The maximum atomic E-state index is 12.2. The van der Waals surface area contributed by atoms with E-state index in [1.54, 1.807) is 0 Å². The van der Waals surface area contributed by atoms with E-state index in [4.69, 9.17) is 0 Å². The van der Waals surface area contributed by atoms with E-state index in [0.717, 1.165) is 70.8 Å². The number of benzene rings is 1. The summed E-state index contributed by atoms with van der Waals surface area (Å²) in [5.41, 5.74) is 1.93. The Kier molecular flexibility index (Phi) is 13.6. The third-order valence-electron chi connectivity index (χ3n) is 4.52. The summed E-state index contributed by atoms with van der Waals surface area (Å²) in [5, 5.41) is 6.39. The summed E-state index contributed by atoms with van der Waals surface area (Å²) in [6.45, 7) is 12.6. The molecule has 1 heterocycles. The first kappa shape index (κ1) is 25.0. The predicted molar refractivity (Wildman–Crippen MR) is 115 cm³/mol. The quantitative estimate of drug-likeness (QED) is 0.621. The summed E-state index contributed by atoms with van der Waals surface area (Å²) in [7, 11) is 0. The second-order valence-corrected chi connectivity index (χ2v) is 6.33. The van der Waals surface area contributed by atoms with E-state index in [-0.39, 0.29) is 30.7 Å². The molecule has 0 spiro atoms. The number of nitrogens with one attached hydrogen (secondary N) is 2. The number of carbonyl (C=O) groups excluding carboxylic acids is 1. The standard InChI is InChI=1S/C19H32N4O.2ClH/c1-3-13-23(4-2)18-8-6-17(7-9-18)19(24)21-10-5-14-22-15-11-20-12-16-22;;/h6-9,20H,3-5,10-16H2,1-2H3,(H,21,24);2*1H. The zero-order chi connectivity index (χ0) is 17.2. The fourth-order valence-electron chi connectivity index (χ4n) is 3.10. The Morgan fingerprint density at radius 2 is 1.81 bits per heavy atom. The van der Waals surface area contributed by atoms with E-state index in [2.05, 4.69) is 46.4 Å². The molecule has 0 aliphatic carbocycles. The fourth-order valence-corrected chi connectivity index (χ4v) is 3.10. The van der Waals surface area contributed by atoms with Gasteiger partial charge in [-0.1, -0.05) is 6.92 Å². The maximum Gasteiger partial charge on any atom is 0.251 e. The lowest BCUT2D eigenvalue weighted by atomic mass is 10.1. The van der Waals surface area contributed by atoms with Gasteiger partial charge in [-0.05, 0) is 50.6 Å². The largest absolute Gasteiger partial charge is 0.372 e. The van der Waals surface area contributed by atoms with E-state index in [9.17, 15) is 4.79 Å². The van der Waals surface area contributed by atoms with Crippen LogP contribution in [0.4, 0.5) is 5.69 Å². The minimum absolute atomic E-state index is 0. The molecule has 26 heavy (non-hydrogen) atoms. The lowest BCUT2D eigenvalue weighted by molar-refractivity contribution is 0.0951. The van der Waals surface area contributed by atoms with Crippen LogP contribution in [0.1, 0.15) is 37.0 Å². The van der Waals surface area contributed by atoms with Crippen molar-refractivity contribution in [3.63, 3.8) is 0 Å². The van der Waals surface area contributed by atoms with Gasteiger partial charge in [0, 0.05) is 57.1 Å². The highest BCUT2D eigenvalue weighted by Crippen LogP contribution is 2.15. The topological polar surface area (TPSA) is 47.6 Å². The second kappa shape index (κ2) is 14.1. The van der Waals surface area contributed by atoms with Crippen LogP contribution in [-0.4, -0.2) is 63.2 Å². The van der Waals surface area contributed by atoms with Crippen LogP contribution in [0.3, 0.4) is 0 Å². The average molecular weight is 405 g/mol. The maximum absolute atomic E-state index is 12.2. The number of hydrogen-bond donors (Lipinski definition) is 2. The van der Waals surface area contributed by atoms with Gasteiger partial charge in [0.05, 0.1) is 0 Å². The van der Waals surface area contributed by atoms with Gasteiger partial charge in [-0.25, -0.2) is 0 Å². The molecule has 0 bridgehead atoms. The molecule has 7 heteroatoms. The number of hydrogen-bond acceptors (Lipinski definition) is 4. The fraction of sp³-hybridized carbons (Fsp3) is 0.632. The Balaban J connectivity index is 0.00000312. The monoisotopic (exact) mass is 404 g/mol. The van der Waals surface area contributed by atoms with E-state index in [0.29, 0.717) is 0 Å². The van der Waals surface area contributed by atoms with Gasteiger partial charge in [-0.2, -0.15) is 0 Å². The molecule has 1 aliphatic heterocycles. The Hall–Kier alpha value is -1.01. The first-order chi connectivity index (χ1) is 11.7. The van der Waals surface area contributed by atoms with Crippen LogP contribution in [0.25, 0.3) is 0 Å². The van der Waals surface area contributed by atoms with Crippen molar-refractivity contribution >= 4 is 36.4 Å². The summed E-state index contributed by atoms with van der Waals surface area (Å²) in [5.74, 6) is 0.0281. The zero-order valence-corrected chi connectivity index (χ0v) is 17.6. The summed E-state index contributed by atoms with van der Waals surface area (Å²) >= 11 is 0. The van der Waals surface area contributed by atoms with Crippen LogP contribution in [0.5, 0.6) is 0 Å². The number of piperazine rings is 1. The molecule has 1 amide bonds. The number of nitrogens with zero attached hydrogens (tertiary/aromatic N) is 2. The van der Waals surface area contributed by atoms with E-state index >= 15 is 0 Å². The molecule has 1 aromatic carbocycles. The van der Waals surface area contributed by atoms with Crippen molar-refractivity contribution in [3.8, 4) is 0 Å². The van der Waals surface area contributed by atoms with Crippen LogP contribution in [0, 0.1) is 0 Å².